The average molecular weight is 234 g/mol. The van der Waals surface area contributed by atoms with Gasteiger partial charge in [-0.15, -0.1) is 0 Å². The Balaban J connectivity index is 2.41. The van der Waals surface area contributed by atoms with Crippen molar-refractivity contribution >= 4 is 11.4 Å². The summed E-state index contributed by atoms with van der Waals surface area (Å²) in [7, 11) is 0. The first kappa shape index (κ1) is 11.0. The molecule has 0 amide bonds. The van der Waals surface area contributed by atoms with Crippen LogP contribution in [-0.2, 0) is 0 Å². The lowest BCUT2D eigenvalue weighted by Gasteiger charge is -2.24. The van der Waals surface area contributed by atoms with Crippen molar-refractivity contribution in [2.75, 3.05) is 0 Å². The molecule has 0 saturated carbocycles. The normalized spacial score (nSPS) is 13.2. The van der Waals surface area contributed by atoms with Gasteiger partial charge in [0.15, 0.2) is 5.78 Å². The van der Waals surface area contributed by atoms with Gasteiger partial charge in [0.25, 0.3) is 0 Å². The summed E-state index contributed by atoms with van der Waals surface area (Å²) in [6.45, 7) is 8.20. The average Bonchev–Trinajstić information content (AvgIpc) is 2.38. The van der Waals surface area contributed by atoms with E-state index in [1.54, 1.807) is 0 Å². The Kier molecular flexibility index (Phi) is 2.24. The third kappa shape index (κ3) is 1.31. The lowest BCUT2D eigenvalue weighted by atomic mass is 9.78. The fourth-order valence-electron chi connectivity index (χ4n) is 2.71. The van der Waals surface area contributed by atoms with Gasteiger partial charge >= 0.3 is 0 Å². The molecular formula is C17H14O. The van der Waals surface area contributed by atoms with Gasteiger partial charge in [0, 0.05) is 11.1 Å². The second kappa shape index (κ2) is 3.67. The smallest absolute Gasteiger partial charge is 0.194 e. The molecule has 88 valence electrons. The number of rotatable bonds is 0. The molecule has 0 aliphatic heterocycles. The quantitative estimate of drug-likeness (QED) is 0.576. The predicted octanol–water partition coefficient (Wildman–Crippen LogP) is 3.91. The van der Waals surface area contributed by atoms with E-state index in [-0.39, 0.29) is 5.78 Å². The van der Waals surface area contributed by atoms with Gasteiger partial charge in [-0.25, -0.2) is 0 Å². The van der Waals surface area contributed by atoms with Gasteiger partial charge in [0.1, 0.15) is 0 Å². The summed E-state index contributed by atoms with van der Waals surface area (Å²) in [6.07, 6.45) is 0. The SMILES string of the molecule is C=C1c2ccccc2C(=O)c2c(C)ccc(C)c21. The number of carbonyl (C=O) groups is 1. The molecule has 0 radical (unpaired) electrons. The first-order valence-electron chi connectivity index (χ1n) is 6.05. The van der Waals surface area contributed by atoms with Crippen molar-refractivity contribution < 1.29 is 4.79 Å². The van der Waals surface area contributed by atoms with Crippen LogP contribution in [0.3, 0.4) is 0 Å². The Morgan fingerprint density at radius 3 is 2.06 bits per heavy atom. The van der Waals surface area contributed by atoms with Gasteiger partial charge in [0.2, 0.25) is 0 Å². The fraction of sp³-hybridized carbons (Fsp3) is 0.118. The van der Waals surface area contributed by atoms with E-state index in [1.165, 1.54) is 0 Å². The van der Waals surface area contributed by atoms with Crippen LogP contribution in [0.2, 0.25) is 0 Å². The van der Waals surface area contributed by atoms with Crippen molar-refractivity contribution in [3.05, 3.63) is 76.4 Å². The predicted molar refractivity (Wildman–Crippen MR) is 73.9 cm³/mol. The molecule has 0 fully saturated rings. The maximum Gasteiger partial charge on any atom is 0.194 e. The van der Waals surface area contributed by atoms with Crippen molar-refractivity contribution in [3.63, 3.8) is 0 Å². The molecule has 0 spiro atoms. The summed E-state index contributed by atoms with van der Waals surface area (Å²) < 4.78 is 0. The van der Waals surface area contributed by atoms with Crippen LogP contribution >= 0.6 is 0 Å². The lowest BCUT2D eigenvalue weighted by Crippen LogP contribution is -2.16. The Hall–Kier alpha value is -2.15. The van der Waals surface area contributed by atoms with Crippen molar-refractivity contribution in [1.29, 1.82) is 0 Å². The van der Waals surface area contributed by atoms with E-state index in [9.17, 15) is 4.79 Å². The van der Waals surface area contributed by atoms with E-state index in [4.69, 9.17) is 0 Å². The summed E-state index contributed by atoms with van der Waals surface area (Å²) in [5.74, 6) is 0.120. The van der Waals surface area contributed by atoms with Crippen molar-refractivity contribution in [2.45, 2.75) is 13.8 Å². The van der Waals surface area contributed by atoms with E-state index in [0.717, 1.165) is 39.0 Å². The highest BCUT2D eigenvalue weighted by Gasteiger charge is 2.27. The van der Waals surface area contributed by atoms with Crippen molar-refractivity contribution in [1.82, 2.24) is 0 Å². The Morgan fingerprint density at radius 2 is 1.39 bits per heavy atom. The van der Waals surface area contributed by atoms with Crippen LogP contribution in [0.5, 0.6) is 0 Å². The highest BCUT2D eigenvalue weighted by atomic mass is 16.1. The number of hydrogen-bond acceptors (Lipinski definition) is 1. The Morgan fingerprint density at radius 1 is 0.833 bits per heavy atom. The molecule has 0 N–H and O–H groups in total. The van der Waals surface area contributed by atoms with E-state index >= 15 is 0 Å². The van der Waals surface area contributed by atoms with Gasteiger partial charge in [-0.1, -0.05) is 43.0 Å². The molecule has 0 bridgehead atoms. The summed E-state index contributed by atoms with van der Waals surface area (Å²) in [5, 5.41) is 0. The van der Waals surface area contributed by atoms with Crippen LogP contribution in [0.15, 0.2) is 43.0 Å². The number of ketones is 1. The summed E-state index contributed by atoms with van der Waals surface area (Å²) in [4.78, 5) is 12.6. The van der Waals surface area contributed by atoms with Crippen molar-refractivity contribution in [2.24, 2.45) is 0 Å². The molecule has 2 aromatic carbocycles. The van der Waals surface area contributed by atoms with E-state index in [1.807, 2.05) is 44.2 Å². The molecule has 0 atom stereocenters. The number of benzene rings is 2. The van der Waals surface area contributed by atoms with Gasteiger partial charge < -0.3 is 0 Å². The lowest BCUT2D eigenvalue weighted by molar-refractivity contribution is 0.103. The minimum atomic E-state index is 0.120. The molecule has 1 heteroatoms. The fourth-order valence-corrected chi connectivity index (χ4v) is 2.71. The molecule has 0 saturated heterocycles. The molecule has 0 aromatic heterocycles. The second-order valence-electron chi connectivity index (χ2n) is 4.80. The number of aryl methyl sites for hydroxylation is 2. The zero-order valence-corrected chi connectivity index (χ0v) is 10.6. The van der Waals surface area contributed by atoms with E-state index in [0.29, 0.717) is 0 Å². The topological polar surface area (TPSA) is 17.1 Å². The van der Waals surface area contributed by atoms with Crippen LogP contribution in [0.25, 0.3) is 5.57 Å². The van der Waals surface area contributed by atoms with Crippen LogP contribution in [-0.4, -0.2) is 5.78 Å². The van der Waals surface area contributed by atoms with Gasteiger partial charge in [-0.3, -0.25) is 4.79 Å². The van der Waals surface area contributed by atoms with Crippen LogP contribution in [0.4, 0.5) is 0 Å². The van der Waals surface area contributed by atoms with E-state index in [2.05, 4.69) is 12.6 Å². The molecule has 2 aromatic rings. The summed E-state index contributed by atoms with van der Waals surface area (Å²) in [6, 6.07) is 11.8. The number of hydrogen-bond donors (Lipinski definition) is 0. The van der Waals surface area contributed by atoms with Gasteiger partial charge in [-0.05, 0) is 41.7 Å². The first-order chi connectivity index (χ1) is 8.61. The summed E-state index contributed by atoms with van der Waals surface area (Å²) in [5.41, 5.74) is 6.66. The summed E-state index contributed by atoms with van der Waals surface area (Å²) >= 11 is 0. The Bertz CT molecular complexity index is 633. The zero-order chi connectivity index (χ0) is 12.9. The number of carbonyl (C=O) groups excluding carboxylic acids is 1. The highest BCUT2D eigenvalue weighted by molar-refractivity contribution is 6.19. The Labute approximate surface area is 107 Å². The molecule has 1 aliphatic carbocycles. The molecule has 0 heterocycles. The second-order valence-corrected chi connectivity index (χ2v) is 4.80. The molecule has 3 rings (SSSR count). The molecule has 1 aliphatic rings. The number of fused-ring (bicyclic) bond motifs is 2. The van der Waals surface area contributed by atoms with Crippen molar-refractivity contribution in [3.8, 4) is 0 Å². The monoisotopic (exact) mass is 234 g/mol. The zero-order valence-electron chi connectivity index (χ0n) is 10.6. The van der Waals surface area contributed by atoms with Gasteiger partial charge in [0.05, 0.1) is 0 Å². The largest absolute Gasteiger partial charge is 0.289 e. The van der Waals surface area contributed by atoms with Crippen LogP contribution in [0.1, 0.15) is 38.2 Å². The first-order valence-corrected chi connectivity index (χ1v) is 6.05. The maximum atomic E-state index is 12.6. The minimum Gasteiger partial charge on any atom is -0.289 e. The van der Waals surface area contributed by atoms with Gasteiger partial charge in [-0.2, -0.15) is 0 Å². The molecule has 18 heavy (non-hydrogen) atoms. The molecule has 0 unspecified atom stereocenters. The third-order valence-corrected chi connectivity index (χ3v) is 3.65. The molecular weight excluding hydrogens is 220 g/mol. The standard InChI is InChI=1S/C17H14O/c1-10-8-9-11(2)16-15(10)12(3)13-6-4-5-7-14(13)17(16)18/h4-9H,3H2,1-2H3. The third-order valence-electron chi connectivity index (χ3n) is 3.65. The highest BCUT2D eigenvalue weighted by Crippen LogP contribution is 2.37. The maximum absolute atomic E-state index is 12.6. The van der Waals surface area contributed by atoms with Crippen LogP contribution in [0, 0.1) is 13.8 Å². The van der Waals surface area contributed by atoms with Crippen LogP contribution < -0.4 is 0 Å². The molecule has 1 nitrogen and oxygen atoms in total. The minimum absolute atomic E-state index is 0.120. The van der Waals surface area contributed by atoms with E-state index < -0.39 is 0 Å².